The molecule has 0 fully saturated rings. The van der Waals surface area contributed by atoms with Gasteiger partial charge in [-0.05, 0) is 0 Å². The maximum absolute atomic E-state index is 13.2. The Morgan fingerprint density at radius 1 is 0.824 bits per heavy atom. The van der Waals surface area contributed by atoms with E-state index in [1.165, 1.54) is 51.8 Å². The van der Waals surface area contributed by atoms with Crippen LogP contribution in [0.3, 0.4) is 0 Å². The van der Waals surface area contributed by atoms with Crippen LogP contribution >= 0.6 is 0 Å². The Morgan fingerprint density at radius 3 is 2.09 bits per heavy atom. The number of hydrogen-bond donors (Lipinski definition) is 3. The number of anilines is 2. The van der Waals surface area contributed by atoms with E-state index in [4.69, 9.17) is 0 Å². The molecule has 0 unspecified atom stereocenters. The molecule has 3 N–H and O–H groups in total. The molecule has 5 nitrogen and oxygen atoms in total. The average molecular weight is 566 g/mol. The zero-order chi connectivity index (χ0) is 24.1. The Bertz CT molecular complexity index is 1100. The van der Waals surface area contributed by atoms with E-state index in [1.807, 2.05) is 24.3 Å². The molecular weight excluding hydrogens is 529 g/mol. The number of rotatable bonds is 10. The number of unbranched alkanes of at least 4 members (excludes halogenated alkanes) is 3. The van der Waals surface area contributed by atoms with Gasteiger partial charge in [0.05, 0.1) is 0 Å². The van der Waals surface area contributed by atoms with Crippen LogP contribution in [-0.4, -0.2) is 35.2 Å². The van der Waals surface area contributed by atoms with Crippen molar-refractivity contribution in [1.29, 1.82) is 0 Å². The number of para-hydroxylation sites is 1. The number of nitrogens with zero attached hydrogens (tertiary/aromatic N) is 1. The van der Waals surface area contributed by atoms with Gasteiger partial charge in [0.1, 0.15) is 0 Å². The summed E-state index contributed by atoms with van der Waals surface area (Å²) in [5.74, 6) is -0.139. The van der Waals surface area contributed by atoms with E-state index in [-0.39, 0.29) is 5.91 Å². The third-order valence-electron chi connectivity index (χ3n) is 7.43. The molecule has 2 aromatic carbocycles. The predicted octanol–water partition coefficient (Wildman–Crippen LogP) is 6.71. The summed E-state index contributed by atoms with van der Waals surface area (Å²) in [6, 6.07) is 14.4. The summed E-state index contributed by atoms with van der Waals surface area (Å²) in [5.41, 5.74) is 5.01. The van der Waals surface area contributed by atoms with Gasteiger partial charge in [-0.2, -0.15) is 0 Å². The first-order valence-electron chi connectivity index (χ1n) is 12.9. The molecule has 0 atom stereocenters. The van der Waals surface area contributed by atoms with E-state index < -0.39 is 18.4 Å². The number of amides is 1. The molecule has 0 aromatic heterocycles. The Morgan fingerprint density at radius 2 is 1.47 bits per heavy atom. The van der Waals surface area contributed by atoms with Crippen molar-refractivity contribution in [2.45, 2.75) is 72.6 Å². The number of benzene rings is 2. The molecule has 0 spiro atoms. The molecule has 180 valence electrons. The van der Waals surface area contributed by atoms with Gasteiger partial charge in [0.25, 0.3) is 0 Å². The van der Waals surface area contributed by atoms with Gasteiger partial charge in [-0.1, -0.05) is 0 Å². The van der Waals surface area contributed by atoms with Crippen LogP contribution in [0.5, 0.6) is 0 Å². The molecule has 6 heteroatoms. The van der Waals surface area contributed by atoms with Crippen LogP contribution in [0.4, 0.5) is 11.4 Å². The monoisotopic (exact) mass is 567 g/mol. The molecule has 34 heavy (non-hydrogen) atoms. The fraction of sp³-hybridized carbons (Fsp3) is 0.429. The van der Waals surface area contributed by atoms with E-state index in [9.17, 15) is 10.0 Å². The minimum atomic E-state index is -2.60. The van der Waals surface area contributed by atoms with Gasteiger partial charge < -0.3 is 0 Å². The molecule has 2 aliphatic rings. The first kappa shape index (κ1) is 24.8. The molecule has 0 saturated heterocycles. The van der Waals surface area contributed by atoms with E-state index >= 15 is 0 Å². The number of fused-ring (bicyclic) bond motifs is 2. The van der Waals surface area contributed by atoms with E-state index in [1.54, 1.807) is 3.58 Å². The number of hydrogen-bond acceptors (Lipinski definition) is 4. The fourth-order valence-electron chi connectivity index (χ4n) is 5.52. The molecule has 2 heterocycles. The molecule has 1 amide bonds. The summed E-state index contributed by atoms with van der Waals surface area (Å²) in [7, 11) is 0. The van der Waals surface area contributed by atoms with Gasteiger partial charge in [0.15, 0.2) is 0 Å². The van der Waals surface area contributed by atoms with Gasteiger partial charge >= 0.3 is 208 Å². The minimum absolute atomic E-state index is 0.139. The zero-order valence-electron chi connectivity index (χ0n) is 20.7. The van der Waals surface area contributed by atoms with Crippen molar-refractivity contribution in [3.63, 3.8) is 0 Å². The van der Waals surface area contributed by atoms with Crippen LogP contribution in [0.2, 0.25) is 13.3 Å². The summed E-state index contributed by atoms with van der Waals surface area (Å²) in [6.45, 7) is 6.89. The van der Waals surface area contributed by atoms with Crippen molar-refractivity contribution >= 4 is 50.5 Å². The van der Waals surface area contributed by atoms with Crippen LogP contribution in [0, 0.1) is 0 Å². The maximum atomic E-state index is 13.2. The van der Waals surface area contributed by atoms with Crippen LogP contribution < -0.4 is 14.2 Å². The zero-order valence-corrected chi connectivity index (χ0v) is 23.6. The second-order valence-electron chi connectivity index (χ2n) is 9.67. The molecule has 2 aromatic rings. The molecule has 0 radical (unpaired) electrons. The third kappa shape index (κ3) is 4.64. The first-order chi connectivity index (χ1) is 16.6. The van der Waals surface area contributed by atoms with E-state index in [0.29, 0.717) is 17.0 Å². The Hall–Kier alpha value is -2.28. The summed E-state index contributed by atoms with van der Waals surface area (Å²) in [4.78, 5) is 13.2. The summed E-state index contributed by atoms with van der Waals surface area (Å²) in [5, 5.41) is 19.8. The Kier molecular flexibility index (Phi) is 8.02. The van der Waals surface area contributed by atoms with Gasteiger partial charge in [-0.25, -0.2) is 0 Å². The summed E-state index contributed by atoms with van der Waals surface area (Å²) in [6.07, 6.45) is 7.64. The standard InChI is InChI=1S/C16H10N3O2.3C4H9.Sn/c20-16-13(9-5-1-3-7-11(9)18-16)15-14(19-21)10-6-2-4-8-12(10)17-15;3*1-3-4-2;/h1-2,4-8,17,21H,(H,18,20);3*1,3-4H2,2H3;/b15-13-,19-14+;;;;. The van der Waals surface area contributed by atoms with Gasteiger partial charge in [-0.3, -0.25) is 0 Å². The van der Waals surface area contributed by atoms with Crippen molar-refractivity contribution in [3.8, 4) is 0 Å². The molecule has 2 aliphatic heterocycles. The van der Waals surface area contributed by atoms with Crippen LogP contribution in [0.15, 0.2) is 53.3 Å². The Balaban J connectivity index is 1.77. The quantitative estimate of drug-likeness (QED) is 0.130. The molecule has 0 aliphatic carbocycles. The van der Waals surface area contributed by atoms with Gasteiger partial charge in [0, 0.05) is 0 Å². The normalized spacial score (nSPS) is 18.1. The van der Waals surface area contributed by atoms with Crippen LogP contribution in [0.1, 0.15) is 70.4 Å². The molecule has 0 saturated carbocycles. The predicted molar refractivity (Wildman–Crippen MR) is 145 cm³/mol. The van der Waals surface area contributed by atoms with Crippen LogP contribution in [0.25, 0.3) is 5.57 Å². The second-order valence-corrected chi connectivity index (χ2v) is 22.9. The SMILES string of the molecule is CCC[CH2][Sn]([CH2]CCC)([CH2]CCC)[c]1ccc2c(c1)NC(=O)/C2=C1\Nc2ccccc2\C1=N/O. The van der Waals surface area contributed by atoms with Gasteiger partial charge in [0.2, 0.25) is 0 Å². The number of allylic oxidation sites excluding steroid dienone is 1. The molecule has 4 rings (SSSR count). The van der Waals surface area contributed by atoms with Crippen molar-refractivity contribution < 1.29 is 10.0 Å². The van der Waals surface area contributed by atoms with E-state index in [2.05, 4.69) is 54.8 Å². The first-order valence-corrected chi connectivity index (χ1v) is 20.4. The molecular formula is C28H37N3O2Sn. The third-order valence-corrected chi connectivity index (χ3v) is 23.0. The number of nitrogens with one attached hydrogen (secondary N) is 2. The number of oxime groups is 1. The van der Waals surface area contributed by atoms with Crippen molar-refractivity contribution in [2.24, 2.45) is 5.16 Å². The average Bonchev–Trinajstić information content (AvgIpc) is 3.39. The summed E-state index contributed by atoms with van der Waals surface area (Å²) < 4.78 is 5.73. The topological polar surface area (TPSA) is 73.7 Å². The summed E-state index contributed by atoms with van der Waals surface area (Å²) >= 11 is -2.60. The van der Waals surface area contributed by atoms with Gasteiger partial charge in [-0.15, -0.1) is 0 Å². The van der Waals surface area contributed by atoms with Crippen molar-refractivity contribution in [3.05, 3.63) is 59.3 Å². The van der Waals surface area contributed by atoms with Crippen molar-refractivity contribution in [2.75, 3.05) is 10.6 Å². The van der Waals surface area contributed by atoms with E-state index in [0.717, 1.165) is 22.5 Å². The van der Waals surface area contributed by atoms with Crippen LogP contribution in [-0.2, 0) is 4.79 Å². The molecule has 0 bridgehead atoms. The number of carbonyl (C=O) groups excluding carboxylic acids is 1. The fourth-order valence-corrected chi connectivity index (χ4v) is 21.5. The number of carbonyl (C=O) groups is 1. The Labute approximate surface area is 207 Å². The van der Waals surface area contributed by atoms with Crippen molar-refractivity contribution in [1.82, 2.24) is 0 Å². The second kappa shape index (κ2) is 11.0.